The van der Waals surface area contributed by atoms with Crippen LogP contribution in [-0.4, -0.2) is 11.3 Å². The molecule has 0 saturated heterocycles. The average Bonchev–Trinajstić information content (AvgIpc) is 3.73. The maximum Gasteiger partial charge on any atom is 0.252 e. The lowest BCUT2D eigenvalue weighted by atomic mass is 9.33. The third-order valence-electron chi connectivity index (χ3n) is 11.9. The molecule has 11 rings (SSSR count). The highest BCUT2D eigenvalue weighted by atomic mass is 16.3. The predicted molar refractivity (Wildman–Crippen MR) is 211 cm³/mol. The molecule has 0 atom stereocenters. The van der Waals surface area contributed by atoms with Gasteiger partial charge in [0.2, 0.25) is 0 Å². The molecule has 8 aromatic rings. The van der Waals surface area contributed by atoms with Gasteiger partial charge in [-0.2, -0.15) is 0 Å². The minimum atomic E-state index is -0.108. The van der Waals surface area contributed by atoms with Crippen LogP contribution in [-0.2, 0) is 10.8 Å². The number of furan rings is 1. The van der Waals surface area contributed by atoms with Crippen LogP contribution in [0.5, 0.6) is 0 Å². The summed E-state index contributed by atoms with van der Waals surface area (Å²) in [7, 11) is 0. The van der Waals surface area contributed by atoms with Gasteiger partial charge in [-0.15, -0.1) is 0 Å². The molecule has 0 radical (unpaired) electrons. The van der Waals surface area contributed by atoms with Crippen LogP contribution in [0.1, 0.15) is 56.9 Å². The Hall–Kier alpha value is -5.48. The molecule has 2 aliphatic heterocycles. The van der Waals surface area contributed by atoms with Crippen molar-refractivity contribution in [3.8, 4) is 16.9 Å². The fourth-order valence-corrected chi connectivity index (χ4v) is 9.74. The molecule has 0 N–H and O–H groups in total. The second kappa shape index (κ2) is 9.19. The van der Waals surface area contributed by atoms with E-state index in [1.165, 1.54) is 77.9 Å². The molecule has 0 amide bonds. The number of para-hydroxylation sites is 3. The normalized spacial score (nSPS) is 15.1. The van der Waals surface area contributed by atoms with Gasteiger partial charge in [-0.25, -0.2) is 0 Å². The molecule has 3 aliphatic rings. The summed E-state index contributed by atoms with van der Waals surface area (Å²) in [6, 6.07) is 43.2. The smallest absolute Gasteiger partial charge is 0.252 e. The van der Waals surface area contributed by atoms with Crippen molar-refractivity contribution in [2.24, 2.45) is 0 Å². The molecule has 4 heteroatoms. The van der Waals surface area contributed by atoms with Crippen LogP contribution in [0, 0.1) is 6.92 Å². The topological polar surface area (TPSA) is 21.3 Å². The summed E-state index contributed by atoms with van der Waals surface area (Å²) in [6.07, 6.45) is 0. The van der Waals surface area contributed by atoms with E-state index in [-0.39, 0.29) is 17.5 Å². The Morgan fingerprint density at radius 2 is 1.40 bits per heavy atom. The molecular weight excluding hydrogens is 607 g/mol. The van der Waals surface area contributed by atoms with Crippen molar-refractivity contribution in [2.45, 2.75) is 52.4 Å². The summed E-state index contributed by atoms with van der Waals surface area (Å²) in [6.45, 7) is 14.1. The summed E-state index contributed by atoms with van der Waals surface area (Å²) >= 11 is 0. The molecule has 0 fully saturated rings. The summed E-state index contributed by atoms with van der Waals surface area (Å²) in [5.74, 6) is 0. The third-order valence-corrected chi connectivity index (χ3v) is 11.9. The zero-order chi connectivity index (χ0) is 33.8. The number of anilines is 3. The van der Waals surface area contributed by atoms with Gasteiger partial charge in [-0.05, 0) is 81.3 Å². The van der Waals surface area contributed by atoms with Crippen molar-refractivity contribution >= 4 is 73.0 Å². The molecule has 0 bridgehead atoms. The molecule has 50 heavy (non-hydrogen) atoms. The van der Waals surface area contributed by atoms with Gasteiger partial charge in [0.25, 0.3) is 6.71 Å². The first-order valence-electron chi connectivity index (χ1n) is 17.9. The number of hydrogen-bond acceptors (Lipinski definition) is 2. The van der Waals surface area contributed by atoms with Gasteiger partial charge in [-0.3, -0.25) is 0 Å². The van der Waals surface area contributed by atoms with E-state index >= 15 is 0 Å². The number of fused-ring (bicyclic) bond motifs is 12. The summed E-state index contributed by atoms with van der Waals surface area (Å²) in [5, 5.41) is 3.66. The summed E-state index contributed by atoms with van der Waals surface area (Å²) in [4.78, 5) is 2.52. The zero-order valence-corrected chi connectivity index (χ0v) is 29.3. The number of rotatable bonds is 1. The van der Waals surface area contributed by atoms with E-state index in [1.54, 1.807) is 0 Å². The first kappa shape index (κ1) is 28.4. The van der Waals surface area contributed by atoms with Crippen LogP contribution in [0.15, 0.2) is 120 Å². The molecule has 2 aromatic heterocycles. The van der Waals surface area contributed by atoms with Gasteiger partial charge < -0.3 is 13.9 Å². The number of benzene rings is 6. The minimum absolute atomic E-state index is 0.00876. The first-order valence-corrected chi connectivity index (χ1v) is 17.9. The molecular formula is C46H37BN2O. The Morgan fingerprint density at radius 3 is 2.26 bits per heavy atom. The maximum absolute atomic E-state index is 6.76. The SMILES string of the molecule is Cc1cc2c3c(c1)-n1c4c(c5cccc(c51)B3c1ccc(C(C)(C)C)cc1N2c1cccc2c1oc1ccccc12)C(C)(C)c1ccccc1-4. The van der Waals surface area contributed by atoms with Crippen LogP contribution in [0.25, 0.3) is 49.8 Å². The quantitative estimate of drug-likeness (QED) is 0.166. The van der Waals surface area contributed by atoms with Gasteiger partial charge in [-0.1, -0.05) is 120 Å². The van der Waals surface area contributed by atoms with E-state index < -0.39 is 0 Å². The van der Waals surface area contributed by atoms with E-state index in [2.05, 4.69) is 166 Å². The molecule has 0 spiro atoms. The minimum Gasteiger partial charge on any atom is -0.454 e. The van der Waals surface area contributed by atoms with Crippen molar-refractivity contribution in [2.75, 3.05) is 4.90 Å². The van der Waals surface area contributed by atoms with Gasteiger partial charge in [0.15, 0.2) is 5.58 Å². The third kappa shape index (κ3) is 3.37. The van der Waals surface area contributed by atoms with E-state index in [4.69, 9.17) is 4.42 Å². The van der Waals surface area contributed by atoms with Gasteiger partial charge in [0.05, 0.1) is 11.4 Å². The molecule has 3 nitrogen and oxygen atoms in total. The van der Waals surface area contributed by atoms with Crippen molar-refractivity contribution in [3.63, 3.8) is 0 Å². The number of aryl methyl sites for hydroxylation is 1. The monoisotopic (exact) mass is 644 g/mol. The second-order valence-corrected chi connectivity index (χ2v) is 16.2. The number of nitrogens with zero attached hydrogens (tertiary/aromatic N) is 2. The van der Waals surface area contributed by atoms with E-state index in [0.717, 1.165) is 27.6 Å². The van der Waals surface area contributed by atoms with Crippen LogP contribution >= 0.6 is 0 Å². The Bertz CT molecular complexity index is 2810. The lowest BCUT2D eigenvalue weighted by Gasteiger charge is -2.41. The molecule has 240 valence electrons. The first-order chi connectivity index (χ1) is 24.1. The fraction of sp³-hybridized carbons (Fsp3) is 0.174. The van der Waals surface area contributed by atoms with Crippen molar-refractivity contribution in [1.29, 1.82) is 0 Å². The van der Waals surface area contributed by atoms with Crippen molar-refractivity contribution < 1.29 is 4.42 Å². The maximum atomic E-state index is 6.76. The summed E-state index contributed by atoms with van der Waals surface area (Å²) in [5.41, 5.74) is 20.1. The highest BCUT2D eigenvalue weighted by molar-refractivity contribution is 7.00. The van der Waals surface area contributed by atoms with Crippen LogP contribution < -0.4 is 21.3 Å². The molecule has 6 aromatic carbocycles. The molecule has 1 aliphatic carbocycles. The summed E-state index contributed by atoms with van der Waals surface area (Å²) < 4.78 is 9.39. The average molecular weight is 645 g/mol. The van der Waals surface area contributed by atoms with Crippen LogP contribution in [0.4, 0.5) is 17.1 Å². The van der Waals surface area contributed by atoms with Crippen molar-refractivity contribution in [3.05, 3.63) is 138 Å². The highest BCUT2D eigenvalue weighted by Gasteiger charge is 2.47. The second-order valence-electron chi connectivity index (χ2n) is 16.2. The van der Waals surface area contributed by atoms with E-state index in [0.29, 0.717) is 0 Å². The molecule has 0 saturated carbocycles. The van der Waals surface area contributed by atoms with Gasteiger partial charge in [0, 0.05) is 49.7 Å². The Kier molecular flexibility index (Phi) is 5.22. The molecule has 4 heterocycles. The van der Waals surface area contributed by atoms with E-state index in [9.17, 15) is 0 Å². The Balaban J connectivity index is 1.31. The van der Waals surface area contributed by atoms with E-state index in [1.807, 2.05) is 0 Å². The zero-order valence-electron chi connectivity index (χ0n) is 29.3. The lowest BCUT2D eigenvalue weighted by molar-refractivity contribution is 0.590. The lowest BCUT2D eigenvalue weighted by Crippen LogP contribution is -2.60. The largest absolute Gasteiger partial charge is 0.454 e. The van der Waals surface area contributed by atoms with Crippen LogP contribution in [0.2, 0.25) is 0 Å². The van der Waals surface area contributed by atoms with Crippen LogP contribution in [0.3, 0.4) is 0 Å². The Morgan fingerprint density at radius 1 is 0.660 bits per heavy atom. The van der Waals surface area contributed by atoms with Gasteiger partial charge in [0.1, 0.15) is 5.58 Å². The van der Waals surface area contributed by atoms with Crippen molar-refractivity contribution in [1.82, 2.24) is 4.57 Å². The standard InChI is InChI=1S/C46H37BN2O/c1-26-23-37-41-38(24-26)49-42-31(40-43(49)30-14-7-9-17-32(30)46(40,5)6)16-11-18-34(42)47(41)33-22-21-27(45(2,3)4)25-36(33)48(37)35-19-12-15-29-28-13-8-10-20-39(28)50-44(29)35/h7-25H,1-6H3. The fourth-order valence-electron chi connectivity index (χ4n) is 9.74. The molecule has 0 unspecified atom stereocenters. The highest BCUT2D eigenvalue weighted by Crippen LogP contribution is 2.54. The number of aromatic nitrogens is 1. The number of hydrogen-bond donors (Lipinski definition) is 0. The Labute approximate surface area is 292 Å². The predicted octanol–water partition coefficient (Wildman–Crippen LogP) is 10.1. The van der Waals surface area contributed by atoms with Gasteiger partial charge >= 0.3 is 0 Å².